The maximum Gasteiger partial charge on any atom is 0.317 e. The lowest BCUT2D eigenvalue weighted by Crippen LogP contribution is -2.47. The lowest BCUT2D eigenvalue weighted by atomic mass is 10.1. The number of rotatable bonds is 5. The Hall–Kier alpha value is -2.47. The maximum atomic E-state index is 11.4. The summed E-state index contributed by atoms with van der Waals surface area (Å²) in [6.07, 6.45) is 4.30. The van der Waals surface area contributed by atoms with Crippen molar-refractivity contribution in [3.63, 3.8) is 0 Å². The fourth-order valence-corrected chi connectivity index (χ4v) is 2.69. The monoisotopic (exact) mass is 325 g/mol. The molecule has 0 spiro atoms. The molecule has 1 saturated heterocycles. The second-order valence-corrected chi connectivity index (χ2v) is 5.86. The molecule has 6 nitrogen and oxygen atoms in total. The Balaban J connectivity index is 1.47. The van der Waals surface area contributed by atoms with Gasteiger partial charge in [0, 0.05) is 45.8 Å². The third-order valence-electron chi connectivity index (χ3n) is 4.11. The summed E-state index contributed by atoms with van der Waals surface area (Å²) < 4.78 is 5.51. The van der Waals surface area contributed by atoms with Gasteiger partial charge in [-0.15, -0.1) is 0 Å². The Bertz CT molecular complexity index is 652. The zero-order chi connectivity index (χ0) is 16.8. The number of aromatic nitrogens is 2. The van der Waals surface area contributed by atoms with E-state index in [4.69, 9.17) is 4.74 Å². The number of benzene rings is 1. The molecule has 0 N–H and O–H groups in total. The Labute approximate surface area is 142 Å². The quantitative estimate of drug-likeness (QED) is 0.834. The van der Waals surface area contributed by atoms with Crippen LogP contribution in [-0.4, -0.2) is 51.9 Å². The maximum absolute atomic E-state index is 11.4. The van der Waals surface area contributed by atoms with Crippen LogP contribution in [0.15, 0.2) is 36.5 Å². The third-order valence-corrected chi connectivity index (χ3v) is 4.11. The van der Waals surface area contributed by atoms with E-state index in [0.29, 0.717) is 12.6 Å². The standard InChI is InChI=1S/C18H21N4O2/c1-15(23)22-11-9-21(10-12-22)13-16-3-5-17(6-4-16)14-24-18-19-7-2-8-20-18/h2-7H,9-14H2,1H3. The van der Waals surface area contributed by atoms with Gasteiger partial charge in [-0.05, 0) is 17.2 Å². The van der Waals surface area contributed by atoms with E-state index in [0.717, 1.165) is 38.3 Å². The number of hydrogen-bond acceptors (Lipinski definition) is 5. The van der Waals surface area contributed by atoms with E-state index < -0.39 is 0 Å². The molecule has 1 aromatic heterocycles. The molecule has 0 saturated carbocycles. The Morgan fingerprint density at radius 3 is 2.50 bits per heavy atom. The first-order chi connectivity index (χ1) is 11.7. The van der Waals surface area contributed by atoms with Crippen molar-refractivity contribution >= 4 is 5.91 Å². The van der Waals surface area contributed by atoms with Crippen molar-refractivity contribution in [3.8, 4) is 6.01 Å². The van der Waals surface area contributed by atoms with Crippen LogP contribution in [0, 0.1) is 6.20 Å². The van der Waals surface area contributed by atoms with E-state index in [1.165, 1.54) is 5.56 Å². The van der Waals surface area contributed by atoms with E-state index in [1.54, 1.807) is 19.2 Å². The predicted molar refractivity (Wildman–Crippen MR) is 89.2 cm³/mol. The van der Waals surface area contributed by atoms with Crippen LogP contribution in [-0.2, 0) is 17.9 Å². The topological polar surface area (TPSA) is 58.6 Å². The molecule has 2 heterocycles. The zero-order valence-corrected chi connectivity index (χ0v) is 13.8. The predicted octanol–water partition coefficient (Wildman–Crippen LogP) is 1.52. The lowest BCUT2D eigenvalue weighted by Gasteiger charge is -2.34. The summed E-state index contributed by atoms with van der Waals surface area (Å²) in [5.41, 5.74) is 2.34. The second-order valence-electron chi connectivity index (χ2n) is 5.86. The van der Waals surface area contributed by atoms with Crippen LogP contribution in [0.3, 0.4) is 0 Å². The number of carbonyl (C=O) groups excluding carboxylic acids is 1. The van der Waals surface area contributed by atoms with Crippen LogP contribution < -0.4 is 4.74 Å². The molecular formula is C18H21N4O2. The smallest absolute Gasteiger partial charge is 0.317 e. The summed E-state index contributed by atoms with van der Waals surface area (Å²) in [4.78, 5) is 23.5. The molecule has 1 aliphatic rings. The number of amides is 1. The first-order valence-corrected chi connectivity index (χ1v) is 8.08. The molecule has 3 rings (SSSR count). The third kappa shape index (κ3) is 4.52. The van der Waals surface area contributed by atoms with Crippen molar-refractivity contribution < 1.29 is 9.53 Å². The summed E-state index contributed by atoms with van der Waals surface area (Å²) in [6.45, 7) is 6.46. The van der Waals surface area contributed by atoms with Crippen molar-refractivity contribution in [3.05, 3.63) is 53.9 Å². The van der Waals surface area contributed by atoms with Crippen LogP contribution in [0.1, 0.15) is 18.1 Å². The van der Waals surface area contributed by atoms with Gasteiger partial charge >= 0.3 is 6.01 Å². The first kappa shape index (κ1) is 16.4. The minimum atomic E-state index is 0.166. The molecule has 0 atom stereocenters. The molecule has 0 bridgehead atoms. The summed E-state index contributed by atoms with van der Waals surface area (Å²) in [5.74, 6) is 0.166. The van der Waals surface area contributed by atoms with Crippen LogP contribution in [0.2, 0.25) is 0 Å². The second kappa shape index (κ2) is 7.88. The van der Waals surface area contributed by atoms with E-state index in [1.807, 2.05) is 4.90 Å². The molecule has 1 radical (unpaired) electrons. The molecular weight excluding hydrogens is 304 g/mol. The molecule has 1 aromatic carbocycles. The average molecular weight is 325 g/mol. The van der Waals surface area contributed by atoms with Gasteiger partial charge in [0.25, 0.3) is 0 Å². The van der Waals surface area contributed by atoms with Crippen molar-refractivity contribution in [2.24, 2.45) is 0 Å². The van der Waals surface area contributed by atoms with Crippen molar-refractivity contribution in [1.29, 1.82) is 0 Å². The van der Waals surface area contributed by atoms with Gasteiger partial charge in [-0.3, -0.25) is 9.69 Å². The number of ether oxygens (including phenoxy) is 1. The molecule has 0 aliphatic carbocycles. The van der Waals surface area contributed by atoms with Crippen molar-refractivity contribution in [1.82, 2.24) is 19.8 Å². The summed E-state index contributed by atoms with van der Waals surface area (Å²) in [6, 6.07) is 10.3. The largest absolute Gasteiger partial charge is 0.459 e. The van der Waals surface area contributed by atoms with Gasteiger partial charge in [-0.2, -0.15) is 4.98 Å². The fraction of sp³-hybridized carbons (Fsp3) is 0.389. The molecule has 125 valence electrons. The highest BCUT2D eigenvalue weighted by Crippen LogP contribution is 2.11. The zero-order valence-electron chi connectivity index (χ0n) is 13.8. The highest BCUT2D eigenvalue weighted by molar-refractivity contribution is 5.73. The first-order valence-electron chi connectivity index (χ1n) is 8.08. The molecule has 1 fully saturated rings. The minimum Gasteiger partial charge on any atom is -0.459 e. The van der Waals surface area contributed by atoms with Gasteiger partial charge in [-0.1, -0.05) is 24.3 Å². The van der Waals surface area contributed by atoms with Gasteiger partial charge in [-0.25, -0.2) is 4.98 Å². The SMILES string of the molecule is CC(=O)N1CCN(Cc2ccc(COc3n[c]ccn3)cc2)CC1. The van der Waals surface area contributed by atoms with Gasteiger partial charge in [0.15, 0.2) is 0 Å². The molecule has 24 heavy (non-hydrogen) atoms. The fourth-order valence-electron chi connectivity index (χ4n) is 2.69. The van der Waals surface area contributed by atoms with Gasteiger partial charge < -0.3 is 9.64 Å². The van der Waals surface area contributed by atoms with Crippen LogP contribution in [0.25, 0.3) is 0 Å². The Morgan fingerprint density at radius 2 is 1.88 bits per heavy atom. The number of carbonyl (C=O) groups is 1. The Kier molecular flexibility index (Phi) is 5.38. The normalized spacial score (nSPS) is 15.3. The van der Waals surface area contributed by atoms with E-state index in [2.05, 4.69) is 45.3 Å². The number of nitrogens with zero attached hydrogens (tertiary/aromatic N) is 4. The van der Waals surface area contributed by atoms with E-state index in [9.17, 15) is 4.79 Å². The highest BCUT2D eigenvalue weighted by atomic mass is 16.5. The Morgan fingerprint density at radius 1 is 1.17 bits per heavy atom. The van der Waals surface area contributed by atoms with Gasteiger partial charge in [0.2, 0.25) is 5.91 Å². The van der Waals surface area contributed by atoms with Crippen molar-refractivity contribution in [2.45, 2.75) is 20.1 Å². The van der Waals surface area contributed by atoms with E-state index in [-0.39, 0.29) is 5.91 Å². The van der Waals surface area contributed by atoms with Gasteiger partial charge in [0.1, 0.15) is 6.61 Å². The summed E-state index contributed by atoms with van der Waals surface area (Å²) in [7, 11) is 0. The lowest BCUT2D eigenvalue weighted by molar-refractivity contribution is -0.130. The van der Waals surface area contributed by atoms with Crippen LogP contribution >= 0.6 is 0 Å². The van der Waals surface area contributed by atoms with Gasteiger partial charge in [0.05, 0.1) is 6.20 Å². The average Bonchev–Trinajstić information content (AvgIpc) is 2.62. The minimum absolute atomic E-state index is 0.166. The van der Waals surface area contributed by atoms with E-state index >= 15 is 0 Å². The molecule has 1 aliphatic heterocycles. The van der Waals surface area contributed by atoms with Crippen LogP contribution in [0.4, 0.5) is 0 Å². The molecule has 6 heteroatoms. The number of piperazine rings is 1. The number of hydrogen-bond donors (Lipinski definition) is 0. The summed E-state index contributed by atoms with van der Waals surface area (Å²) in [5, 5.41) is 0. The molecule has 2 aromatic rings. The highest BCUT2D eigenvalue weighted by Gasteiger charge is 2.18. The summed E-state index contributed by atoms with van der Waals surface area (Å²) >= 11 is 0. The molecule has 0 unspecified atom stereocenters. The van der Waals surface area contributed by atoms with Crippen molar-refractivity contribution in [2.75, 3.05) is 26.2 Å². The van der Waals surface area contributed by atoms with Crippen LogP contribution in [0.5, 0.6) is 6.01 Å². The molecule has 1 amide bonds.